The third-order valence-corrected chi connectivity index (χ3v) is 3.01. The van der Waals surface area contributed by atoms with Crippen molar-refractivity contribution in [2.75, 3.05) is 7.11 Å². The fourth-order valence-electron chi connectivity index (χ4n) is 1.20. The minimum absolute atomic E-state index is 0.421. The number of halogens is 1. The lowest BCUT2D eigenvalue weighted by molar-refractivity contribution is 0.138. The van der Waals surface area contributed by atoms with Gasteiger partial charge in [-0.25, -0.2) is 4.79 Å². The van der Waals surface area contributed by atoms with Crippen molar-refractivity contribution in [3.8, 4) is 0 Å². The number of carbonyl (C=O) groups excluding carboxylic acids is 1. The number of carbonyl (C=O) groups is 1. The van der Waals surface area contributed by atoms with Crippen LogP contribution in [0.25, 0.3) is 0 Å². The molecule has 16 heavy (non-hydrogen) atoms. The minimum atomic E-state index is -0.421. The van der Waals surface area contributed by atoms with Crippen LogP contribution in [-0.2, 0) is 11.3 Å². The maximum absolute atomic E-state index is 11.4. The fraction of sp³-hybridized carbons (Fsp3) is 0.167. The average Bonchev–Trinajstić information content (AvgIpc) is 2.30. The van der Waals surface area contributed by atoms with E-state index in [9.17, 15) is 4.79 Å². The molecule has 1 aromatic carbocycles. The van der Waals surface area contributed by atoms with E-state index in [1.165, 1.54) is 18.2 Å². The lowest BCUT2D eigenvalue weighted by atomic mass is 10.2. The summed E-state index contributed by atoms with van der Waals surface area (Å²) in [6.45, 7) is 3.90. The number of ether oxygens (including phenoxy) is 1. The SMILES string of the molecule is C=C=CN(Cc1ccccc1I)C(=O)OC. The third kappa shape index (κ3) is 3.40. The number of hydrogen-bond acceptors (Lipinski definition) is 2. The van der Waals surface area contributed by atoms with Crippen LogP contribution in [0.1, 0.15) is 5.56 Å². The molecule has 84 valence electrons. The van der Waals surface area contributed by atoms with Crippen LogP contribution in [0.5, 0.6) is 0 Å². The molecule has 1 amide bonds. The minimum Gasteiger partial charge on any atom is -0.452 e. The molecule has 0 spiro atoms. The van der Waals surface area contributed by atoms with Crippen molar-refractivity contribution in [1.29, 1.82) is 0 Å². The molecule has 0 aliphatic carbocycles. The summed E-state index contributed by atoms with van der Waals surface area (Å²) >= 11 is 2.23. The Balaban J connectivity index is 2.88. The van der Waals surface area contributed by atoms with E-state index in [2.05, 4.69) is 39.6 Å². The molecule has 0 N–H and O–H groups in total. The molecule has 0 saturated carbocycles. The number of amides is 1. The molecule has 0 heterocycles. The van der Waals surface area contributed by atoms with Gasteiger partial charge >= 0.3 is 6.09 Å². The molecule has 0 bridgehead atoms. The predicted octanol–water partition coefficient (Wildman–Crippen LogP) is 3.16. The maximum atomic E-state index is 11.4. The fourth-order valence-corrected chi connectivity index (χ4v) is 1.76. The number of nitrogens with zero attached hydrogens (tertiary/aromatic N) is 1. The van der Waals surface area contributed by atoms with E-state index in [-0.39, 0.29) is 0 Å². The van der Waals surface area contributed by atoms with Gasteiger partial charge in [0.15, 0.2) is 0 Å². The number of methoxy groups -OCH3 is 1. The van der Waals surface area contributed by atoms with E-state index < -0.39 is 6.09 Å². The lowest BCUT2D eigenvalue weighted by Gasteiger charge is -2.16. The normalized spacial score (nSPS) is 9.12. The molecule has 0 aliphatic rings. The highest BCUT2D eigenvalue weighted by molar-refractivity contribution is 14.1. The summed E-state index contributed by atoms with van der Waals surface area (Å²) in [5, 5.41) is 0. The van der Waals surface area contributed by atoms with Crippen molar-refractivity contribution in [3.05, 3.63) is 51.9 Å². The van der Waals surface area contributed by atoms with Gasteiger partial charge in [0, 0.05) is 3.57 Å². The number of rotatable bonds is 3. The summed E-state index contributed by atoms with van der Waals surface area (Å²) < 4.78 is 5.77. The Bertz CT molecular complexity index is 425. The smallest absolute Gasteiger partial charge is 0.414 e. The maximum Gasteiger partial charge on any atom is 0.414 e. The first-order chi connectivity index (χ1) is 7.69. The van der Waals surface area contributed by atoms with Crippen molar-refractivity contribution in [2.45, 2.75) is 6.54 Å². The highest BCUT2D eigenvalue weighted by Crippen LogP contribution is 2.14. The Labute approximate surface area is 109 Å². The predicted molar refractivity (Wildman–Crippen MR) is 70.8 cm³/mol. The number of hydrogen-bond donors (Lipinski definition) is 0. The molecule has 1 rings (SSSR count). The van der Waals surface area contributed by atoms with Gasteiger partial charge in [0.2, 0.25) is 0 Å². The van der Waals surface area contributed by atoms with Crippen LogP contribution in [0.15, 0.2) is 42.8 Å². The third-order valence-electron chi connectivity index (χ3n) is 1.95. The van der Waals surface area contributed by atoms with Crippen LogP contribution in [-0.4, -0.2) is 18.1 Å². The summed E-state index contributed by atoms with van der Waals surface area (Å²) in [7, 11) is 1.35. The Kier molecular flexibility index (Phi) is 5.08. The van der Waals surface area contributed by atoms with E-state index in [0.29, 0.717) is 6.54 Å². The van der Waals surface area contributed by atoms with Crippen molar-refractivity contribution in [3.63, 3.8) is 0 Å². The van der Waals surface area contributed by atoms with Gasteiger partial charge in [-0.3, -0.25) is 4.90 Å². The van der Waals surface area contributed by atoms with Crippen LogP contribution in [0.3, 0.4) is 0 Å². The number of benzene rings is 1. The molecule has 4 heteroatoms. The molecular weight excluding hydrogens is 317 g/mol. The van der Waals surface area contributed by atoms with E-state index in [1.807, 2.05) is 24.3 Å². The van der Waals surface area contributed by atoms with Crippen LogP contribution in [0, 0.1) is 3.57 Å². The summed E-state index contributed by atoms with van der Waals surface area (Å²) in [6, 6.07) is 7.85. The van der Waals surface area contributed by atoms with Gasteiger partial charge in [-0.05, 0) is 34.2 Å². The molecule has 0 aliphatic heterocycles. The first-order valence-corrected chi connectivity index (χ1v) is 5.71. The van der Waals surface area contributed by atoms with Crippen LogP contribution >= 0.6 is 22.6 Å². The zero-order valence-electron chi connectivity index (χ0n) is 8.94. The van der Waals surface area contributed by atoms with Crippen molar-refractivity contribution < 1.29 is 9.53 Å². The second kappa shape index (κ2) is 6.35. The summed E-state index contributed by atoms with van der Waals surface area (Å²) in [5.74, 6) is 0. The Hall–Kier alpha value is -1.26. The molecule has 0 unspecified atom stereocenters. The van der Waals surface area contributed by atoms with E-state index in [4.69, 9.17) is 0 Å². The molecule has 3 nitrogen and oxygen atoms in total. The van der Waals surface area contributed by atoms with Gasteiger partial charge in [-0.1, -0.05) is 24.8 Å². The van der Waals surface area contributed by atoms with Gasteiger partial charge in [-0.15, -0.1) is 5.73 Å². The second-order valence-electron chi connectivity index (χ2n) is 3.02. The van der Waals surface area contributed by atoms with Gasteiger partial charge in [0.25, 0.3) is 0 Å². The zero-order valence-corrected chi connectivity index (χ0v) is 11.1. The van der Waals surface area contributed by atoms with Gasteiger partial charge in [0.1, 0.15) is 0 Å². The summed E-state index contributed by atoms with van der Waals surface area (Å²) in [5.41, 5.74) is 3.63. The Morgan fingerprint density at radius 2 is 2.31 bits per heavy atom. The largest absolute Gasteiger partial charge is 0.452 e. The molecule has 0 atom stereocenters. The highest BCUT2D eigenvalue weighted by atomic mass is 127. The van der Waals surface area contributed by atoms with E-state index in [1.54, 1.807) is 0 Å². The Morgan fingerprint density at radius 1 is 1.62 bits per heavy atom. The molecule has 0 radical (unpaired) electrons. The van der Waals surface area contributed by atoms with Crippen LogP contribution < -0.4 is 0 Å². The van der Waals surface area contributed by atoms with Crippen molar-refractivity contribution >= 4 is 28.7 Å². The molecule has 0 fully saturated rings. The van der Waals surface area contributed by atoms with Crippen LogP contribution in [0.4, 0.5) is 4.79 Å². The second-order valence-corrected chi connectivity index (χ2v) is 4.18. The molecule has 1 aromatic rings. The highest BCUT2D eigenvalue weighted by Gasteiger charge is 2.12. The quantitative estimate of drug-likeness (QED) is 0.630. The monoisotopic (exact) mass is 329 g/mol. The molecule has 0 aromatic heterocycles. The van der Waals surface area contributed by atoms with E-state index >= 15 is 0 Å². The first-order valence-electron chi connectivity index (χ1n) is 4.63. The first kappa shape index (κ1) is 12.8. The average molecular weight is 329 g/mol. The summed E-state index contributed by atoms with van der Waals surface area (Å²) in [6.07, 6.45) is 1.06. The topological polar surface area (TPSA) is 29.5 Å². The van der Waals surface area contributed by atoms with Crippen molar-refractivity contribution in [1.82, 2.24) is 4.90 Å². The molecular formula is C12H12INO2. The van der Waals surface area contributed by atoms with Gasteiger partial charge in [-0.2, -0.15) is 0 Å². The standard InChI is InChI=1S/C12H12INO2/c1-3-8-14(12(15)16-2)9-10-6-4-5-7-11(10)13/h4-8H,1,9H2,2H3. The van der Waals surface area contributed by atoms with Gasteiger partial charge < -0.3 is 4.74 Å². The molecule has 0 saturated heterocycles. The van der Waals surface area contributed by atoms with Crippen LogP contribution in [0.2, 0.25) is 0 Å². The van der Waals surface area contributed by atoms with Gasteiger partial charge in [0.05, 0.1) is 19.9 Å². The van der Waals surface area contributed by atoms with E-state index in [0.717, 1.165) is 9.13 Å². The zero-order chi connectivity index (χ0) is 12.0. The lowest BCUT2D eigenvalue weighted by Crippen LogP contribution is -2.25. The van der Waals surface area contributed by atoms with Crippen molar-refractivity contribution in [2.24, 2.45) is 0 Å². The summed E-state index contributed by atoms with van der Waals surface area (Å²) in [4.78, 5) is 12.8. The Morgan fingerprint density at radius 3 is 2.88 bits per heavy atom.